The molecule has 0 saturated heterocycles. The molecule has 0 spiro atoms. The van der Waals surface area contributed by atoms with Crippen LogP contribution in [0, 0.1) is 0 Å². The molecule has 0 aromatic carbocycles. The Kier molecular flexibility index (Phi) is 42.4. The quantitative estimate of drug-likeness (QED) is 0.0366. The molecule has 2 N–H and O–H groups in total. The van der Waals surface area contributed by atoms with Gasteiger partial charge in [-0.1, -0.05) is 192 Å². The van der Waals surface area contributed by atoms with Gasteiger partial charge in [0, 0.05) is 12.8 Å². The highest BCUT2D eigenvalue weighted by atomic mass is 16.5. The van der Waals surface area contributed by atoms with Crippen molar-refractivity contribution in [3.8, 4) is 0 Å². The van der Waals surface area contributed by atoms with E-state index in [2.05, 4.69) is 55.6 Å². The zero-order valence-electron chi connectivity index (χ0n) is 36.3. The van der Waals surface area contributed by atoms with Gasteiger partial charge in [-0.05, 0) is 77.0 Å². The maximum absolute atomic E-state index is 12.8. The highest BCUT2D eigenvalue weighted by Gasteiger charge is 2.14. The minimum atomic E-state index is -1.02. The number of rotatable bonds is 43. The van der Waals surface area contributed by atoms with Crippen LogP contribution < -0.4 is 5.32 Å². The minimum absolute atomic E-state index is 0.0210. The Morgan fingerprint density at radius 3 is 1.27 bits per heavy atom. The Balaban J connectivity index is 4.12. The molecule has 0 aliphatic carbocycles. The van der Waals surface area contributed by atoms with E-state index in [0.717, 1.165) is 83.5 Å². The van der Waals surface area contributed by atoms with E-state index in [9.17, 15) is 14.4 Å². The number of carboxylic acids is 1. The lowest BCUT2D eigenvalue weighted by molar-refractivity contribution is -0.150. The summed E-state index contributed by atoms with van der Waals surface area (Å²) in [5, 5.41) is 11.1. The number of amides is 1. The number of hydrogen-bond donors (Lipinski definition) is 2. The lowest BCUT2D eigenvalue weighted by atomic mass is 10.0. The summed E-state index contributed by atoms with van der Waals surface area (Å²) in [6.45, 7) is 4.23. The summed E-state index contributed by atoms with van der Waals surface area (Å²) in [6.07, 6.45) is 55.6. The molecule has 1 atom stereocenters. The van der Waals surface area contributed by atoms with Crippen LogP contribution in [0.5, 0.6) is 0 Å². The van der Waals surface area contributed by atoms with Gasteiger partial charge in [0.1, 0.15) is 12.6 Å². The first-order chi connectivity index (χ1) is 27.0. The Morgan fingerprint density at radius 1 is 0.473 bits per heavy atom. The van der Waals surface area contributed by atoms with Gasteiger partial charge < -0.3 is 15.2 Å². The van der Waals surface area contributed by atoms with Crippen LogP contribution in [-0.2, 0) is 19.1 Å². The number of esters is 1. The molecule has 0 aliphatic heterocycles. The second-order valence-electron chi connectivity index (χ2n) is 16.0. The van der Waals surface area contributed by atoms with E-state index >= 15 is 0 Å². The molecule has 0 aliphatic rings. The fraction of sp³-hybridized carbons (Fsp3) is 0.816. The van der Waals surface area contributed by atoms with Crippen molar-refractivity contribution in [1.29, 1.82) is 0 Å². The molecule has 1 unspecified atom stereocenters. The average molecular weight is 772 g/mol. The number of nitrogens with one attached hydrogen (secondary N) is 1. The zero-order valence-corrected chi connectivity index (χ0v) is 36.3. The third-order valence-corrected chi connectivity index (χ3v) is 10.6. The van der Waals surface area contributed by atoms with Gasteiger partial charge in [0.25, 0.3) is 0 Å². The first-order valence-corrected chi connectivity index (χ1v) is 23.6. The van der Waals surface area contributed by atoms with E-state index in [0.29, 0.717) is 12.8 Å². The van der Waals surface area contributed by atoms with Gasteiger partial charge in [0.05, 0.1) is 0 Å². The van der Waals surface area contributed by atoms with E-state index in [4.69, 9.17) is 9.84 Å². The fourth-order valence-corrected chi connectivity index (χ4v) is 7.05. The van der Waals surface area contributed by atoms with Crippen molar-refractivity contribution >= 4 is 17.8 Å². The van der Waals surface area contributed by atoms with Gasteiger partial charge in [0.2, 0.25) is 5.91 Å². The fourth-order valence-electron chi connectivity index (χ4n) is 7.05. The summed E-state index contributed by atoms with van der Waals surface area (Å²) in [5.74, 6) is -1.23. The van der Waals surface area contributed by atoms with Crippen LogP contribution >= 0.6 is 0 Å². The highest BCUT2D eigenvalue weighted by Crippen LogP contribution is 2.19. The Bertz CT molecular complexity index is 942. The summed E-state index contributed by atoms with van der Waals surface area (Å²) in [7, 11) is 0. The molecular weight excluding hydrogens is 683 g/mol. The predicted molar refractivity (Wildman–Crippen MR) is 236 cm³/mol. The minimum Gasteiger partial charge on any atom is -0.480 e. The maximum Gasteiger partial charge on any atom is 0.322 e. The van der Waals surface area contributed by atoms with Crippen molar-refractivity contribution < 1.29 is 24.2 Å². The van der Waals surface area contributed by atoms with E-state index < -0.39 is 5.97 Å². The van der Waals surface area contributed by atoms with Crippen LogP contribution in [0.25, 0.3) is 0 Å². The molecule has 0 rings (SSSR count). The van der Waals surface area contributed by atoms with E-state index in [1.54, 1.807) is 0 Å². The molecular formula is C49H89NO5. The number of allylic oxidation sites excluding steroid dienone is 6. The summed E-state index contributed by atoms with van der Waals surface area (Å²) in [4.78, 5) is 35.1. The monoisotopic (exact) mass is 772 g/mol. The molecule has 320 valence electrons. The molecule has 1 amide bonds. The number of carbonyl (C=O) groups is 3. The predicted octanol–water partition coefficient (Wildman–Crippen LogP) is 14.9. The smallest absolute Gasteiger partial charge is 0.322 e. The highest BCUT2D eigenvalue weighted by molar-refractivity contribution is 5.80. The summed E-state index contributed by atoms with van der Waals surface area (Å²) < 4.78 is 6.04. The Hall–Kier alpha value is -2.37. The van der Waals surface area contributed by atoms with E-state index in [1.165, 1.54) is 135 Å². The van der Waals surface area contributed by atoms with Crippen molar-refractivity contribution in [2.75, 3.05) is 6.54 Å². The van der Waals surface area contributed by atoms with Crippen molar-refractivity contribution in [3.63, 3.8) is 0 Å². The van der Waals surface area contributed by atoms with Crippen LogP contribution in [0.1, 0.15) is 245 Å². The third-order valence-electron chi connectivity index (χ3n) is 10.6. The first-order valence-electron chi connectivity index (χ1n) is 23.6. The molecule has 0 fully saturated rings. The van der Waals surface area contributed by atoms with Crippen LogP contribution in [0.2, 0.25) is 0 Å². The van der Waals surface area contributed by atoms with Crippen molar-refractivity contribution in [1.82, 2.24) is 5.32 Å². The lowest BCUT2D eigenvalue weighted by Gasteiger charge is -2.18. The number of carboxylic acid groups (broad SMARTS) is 1. The zero-order chi connectivity index (χ0) is 40.1. The van der Waals surface area contributed by atoms with Crippen LogP contribution in [0.15, 0.2) is 36.5 Å². The number of carbonyl (C=O) groups excluding carboxylic acids is 2. The first kappa shape index (κ1) is 52.6. The van der Waals surface area contributed by atoms with Gasteiger partial charge in [-0.15, -0.1) is 0 Å². The normalized spacial score (nSPS) is 12.3. The number of hydrogen-bond acceptors (Lipinski definition) is 4. The van der Waals surface area contributed by atoms with Gasteiger partial charge in [-0.25, -0.2) is 0 Å². The molecule has 6 nitrogen and oxygen atoms in total. The van der Waals surface area contributed by atoms with Gasteiger partial charge in [-0.2, -0.15) is 0 Å². The number of unbranched alkanes of at least 4 members (excludes halogenated alkanes) is 26. The summed E-state index contributed by atoms with van der Waals surface area (Å²) >= 11 is 0. The number of ether oxygens (including phenoxy) is 1. The van der Waals surface area contributed by atoms with E-state index in [-0.39, 0.29) is 24.5 Å². The molecule has 0 bridgehead atoms. The average Bonchev–Trinajstić information content (AvgIpc) is 3.17. The summed E-state index contributed by atoms with van der Waals surface area (Å²) in [6, 6.07) is 0. The topological polar surface area (TPSA) is 92.7 Å². The molecule has 0 aromatic heterocycles. The largest absolute Gasteiger partial charge is 0.480 e. The molecule has 0 aromatic rings. The Labute approximate surface area is 340 Å². The van der Waals surface area contributed by atoms with E-state index in [1.807, 2.05) is 0 Å². The van der Waals surface area contributed by atoms with Gasteiger partial charge in [0.15, 0.2) is 0 Å². The summed E-state index contributed by atoms with van der Waals surface area (Å²) in [5.41, 5.74) is 0. The SMILES string of the molecule is CCCCCCC/C=C\C/C=C\C/C=C\CCCCCCCCC(=O)OC(CCCCCCCCCCCCCC)CCCCCCCC(=O)NCC(=O)O. The van der Waals surface area contributed by atoms with Gasteiger partial charge in [-0.3, -0.25) is 14.4 Å². The second-order valence-corrected chi connectivity index (χ2v) is 16.0. The van der Waals surface area contributed by atoms with Crippen LogP contribution in [-0.4, -0.2) is 35.6 Å². The molecule has 0 saturated carbocycles. The lowest BCUT2D eigenvalue weighted by Crippen LogP contribution is -2.28. The van der Waals surface area contributed by atoms with Crippen LogP contribution in [0.3, 0.4) is 0 Å². The molecule has 6 heteroatoms. The Morgan fingerprint density at radius 2 is 0.836 bits per heavy atom. The second kappa shape index (κ2) is 44.3. The van der Waals surface area contributed by atoms with Crippen molar-refractivity contribution in [2.24, 2.45) is 0 Å². The molecule has 55 heavy (non-hydrogen) atoms. The van der Waals surface area contributed by atoms with Crippen molar-refractivity contribution in [3.05, 3.63) is 36.5 Å². The van der Waals surface area contributed by atoms with Crippen molar-refractivity contribution in [2.45, 2.75) is 251 Å². The van der Waals surface area contributed by atoms with Gasteiger partial charge >= 0.3 is 11.9 Å². The number of aliphatic carboxylic acids is 1. The third kappa shape index (κ3) is 44.2. The molecule has 0 heterocycles. The molecule has 0 radical (unpaired) electrons. The van der Waals surface area contributed by atoms with Crippen LogP contribution in [0.4, 0.5) is 0 Å². The standard InChI is InChI=1S/C49H89NO5/c1-3-5-7-9-11-13-15-17-18-19-20-21-22-23-24-25-27-29-31-36-40-44-49(54)55-46(41-37-33-30-28-26-16-14-12-10-8-6-4-2)42-38-34-32-35-39-43-47(51)50-45-48(52)53/h15,17,19-20,22-23,46H,3-14,16,18,21,24-45H2,1-2H3,(H,50,51)(H,52,53)/b17-15-,20-19-,23-22-. The maximum atomic E-state index is 12.8.